The van der Waals surface area contributed by atoms with E-state index in [2.05, 4.69) is 4.90 Å². The number of ether oxygens (including phenoxy) is 3. The third-order valence-corrected chi connectivity index (χ3v) is 3.65. The van der Waals surface area contributed by atoms with Crippen molar-refractivity contribution >= 4 is 5.91 Å². The monoisotopic (exact) mass is 272 g/mol. The maximum absolute atomic E-state index is 12.3. The van der Waals surface area contributed by atoms with Crippen LogP contribution < -0.4 is 0 Å². The van der Waals surface area contributed by atoms with Crippen LogP contribution in [0.5, 0.6) is 0 Å². The van der Waals surface area contributed by atoms with E-state index in [1.54, 1.807) is 7.11 Å². The lowest BCUT2D eigenvalue weighted by atomic mass is 10.2. The molecule has 0 aromatic carbocycles. The summed E-state index contributed by atoms with van der Waals surface area (Å²) in [4.78, 5) is 16.5. The first-order valence-electron chi connectivity index (χ1n) is 6.97. The Balaban J connectivity index is 1.76. The smallest absolute Gasteiger partial charge is 0.224 e. The van der Waals surface area contributed by atoms with Gasteiger partial charge in [-0.25, -0.2) is 0 Å². The summed E-state index contributed by atoms with van der Waals surface area (Å²) >= 11 is 0. The molecular weight excluding hydrogens is 248 g/mol. The van der Waals surface area contributed by atoms with Crippen LogP contribution >= 0.6 is 0 Å². The zero-order valence-corrected chi connectivity index (χ0v) is 11.7. The number of morpholine rings is 2. The van der Waals surface area contributed by atoms with Gasteiger partial charge in [-0.05, 0) is 0 Å². The number of nitrogens with zero attached hydrogens (tertiary/aromatic N) is 2. The Labute approximate surface area is 114 Å². The fraction of sp³-hybridized carbons (Fsp3) is 0.923. The first-order valence-corrected chi connectivity index (χ1v) is 6.97. The van der Waals surface area contributed by atoms with Gasteiger partial charge >= 0.3 is 0 Å². The summed E-state index contributed by atoms with van der Waals surface area (Å²) < 4.78 is 15.9. The van der Waals surface area contributed by atoms with Crippen LogP contribution in [0, 0.1) is 0 Å². The minimum Gasteiger partial charge on any atom is -0.382 e. The molecule has 0 aliphatic carbocycles. The third kappa shape index (κ3) is 4.42. The topological polar surface area (TPSA) is 51.2 Å². The van der Waals surface area contributed by atoms with E-state index in [1.807, 2.05) is 4.90 Å². The van der Waals surface area contributed by atoms with Gasteiger partial charge in [0.05, 0.1) is 39.1 Å². The SMILES string of the molecule is COCC1COCCN1C(=O)CCN1CCOCC1. The Morgan fingerprint density at radius 3 is 2.68 bits per heavy atom. The summed E-state index contributed by atoms with van der Waals surface area (Å²) in [7, 11) is 1.66. The van der Waals surface area contributed by atoms with Crippen molar-refractivity contribution in [3.63, 3.8) is 0 Å². The second-order valence-corrected chi connectivity index (χ2v) is 4.98. The molecule has 110 valence electrons. The van der Waals surface area contributed by atoms with Crippen molar-refractivity contribution in [2.45, 2.75) is 12.5 Å². The minimum atomic E-state index is 0.0657. The molecule has 0 aromatic heterocycles. The molecule has 2 rings (SSSR count). The van der Waals surface area contributed by atoms with Crippen molar-refractivity contribution in [3.8, 4) is 0 Å². The van der Waals surface area contributed by atoms with Gasteiger partial charge in [0, 0.05) is 39.7 Å². The molecule has 0 saturated carbocycles. The molecule has 2 aliphatic rings. The van der Waals surface area contributed by atoms with Gasteiger partial charge in [-0.1, -0.05) is 0 Å². The highest BCUT2D eigenvalue weighted by molar-refractivity contribution is 5.76. The molecule has 0 spiro atoms. The number of amides is 1. The fourth-order valence-corrected chi connectivity index (χ4v) is 2.54. The van der Waals surface area contributed by atoms with Crippen LogP contribution in [-0.4, -0.2) is 88.1 Å². The Kier molecular flexibility index (Phi) is 6.03. The van der Waals surface area contributed by atoms with Crippen LogP contribution in [0.15, 0.2) is 0 Å². The van der Waals surface area contributed by atoms with Crippen molar-refractivity contribution < 1.29 is 19.0 Å². The molecule has 1 unspecified atom stereocenters. The number of carbonyl (C=O) groups excluding carboxylic acids is 1. The van der Waals surface area contributed by atoms with Crippen LogP contribution in [0.1, 0.15) is 6.42 Å². The summed E-state index contributed by atoms with van der Waals surface area (Å²) in [6.07, 6.45) is 0.570. The van der Waals surface area contributed by atoms with E-state index in [9.17, 15) is 4.79 Å². The summed E-state index contributed by atoms with van der Waals surface area (Å²) in [6, 6.07) is 0.0657. The van der Waals surface area contributed by atoms with E-state index < -0.39 is 0 Å². The molecule has 0 radical (unpaired) electrons. The highest BCUT2D eigenvalue weighted by Gasteiger charge is 2.27. The van der Waals surface area contributed by atoms with Crippen molar-refractivity contribution in [2.24, 2.45) is 0 Å². The summed E-state index contributed by atoms with van der Waals surface area (Å²) in [5.41, 5.74) is 0. The second-order valence-electron chi connectivity index (χ2n) is 4.98. The number of hydrogen-bond donors (Lipinski definition) is 0. The summed E-state index contributed by atoms with van der Waals surface area (Å²) in [6.45, 7) is 6.66. The Morgan fingerprint density at radius 1 is 1.21 bits per heavy atom. The molecule has 19 heavy (non-hydrogen) atoms. The highest BCUT2D eigenvalue weighted by atomic mass is 16.5. The summed E-state index contributed by atoms with van der Waals surface area (Å²) in [5.74, 6) is 0.205. The van der Waals surface area contributed by atoms with Gasteiger partial charge in [-0.2, -0.15) is 0 Å². The van der Waals surface area contributed by atoms with Crippen LogP contribution in [0.3, 0.4) is 0 Å². The van der Waals surface area contributed by atoms with Crippen molar-refractivity contribution in [1.29, 1.82) is 0 Å². The third-order valence-electron chi connectivity index (χ3n) is 3.65. The van der Waals surface area contributed by atoms with Crippen LogP contribution in [0.25, 0.3) is 0 Å². The Bertz CT molecular complexity index is 280. The van der Waals surface area contributed by atoms with Crippen LogP contribution in [0.2, 0.25) is 0 Å². The minimum absolute atomic E-state index is 0.0657. The average molecular weight is 272 g/mol. The summed E-state index contributed by atoms with van der Waals surface area (Å²) in [5, 5.41) is 0. The second kappa shape index (κ2) is 7.79. The van der Waals surface area contributed by atoms with Gasteiger partial charge in [-0.15, -0.1) is 0 Å². The lowest BCUT2D eigenvalue weighted by Crippen LogP contribution is -2.51. The molecule has 6 heteroatoms. The largest absolute Gasteiger partial charge is 0.382 e. The van der Waals surface area contributed by atoms with Gasteiger partial charge in [0.2, 0.25) is 5.91 Å². The van der Waals surface area contributed by atoms with Gasteiger partial charge in [-0.3, -0.25) is 9.69 Å². The van der Waals surface area contributed by atoms with Crippen LogP contribution in [0.4, 0.5) is 0 Å². The molecule has 0 aromatic rings. The molecule has 0 bridgehead atoms. The predicted octanol–water partition coefficient (Wildman–Crippen LogP) is -0.417. The molecule has 1 amide bonds. The fourth-order valence-electron chi connectivity index (χ4n) is 2.54. The van der Waals surface area contributed by atoms with Gasteiger partial charge < -0.3 is 19.1 Å². The lowest BCUT2D eigenvalue weighted by Gasteiger charge is -2.36. The van der Waals surface area contributed by atoms with Gasteiger partial charge in [0.1, 0.15) is 0 Å². The Morgan fingerprint density at radius 2 is 1.95 bits per heavy atom. The predicted molar refractivity (Wildman–Crippen MR) is 70.1 cm³/mol. The van der Waals surface area contributed by atoms with Gasteiger partial charge in [0.15, 0.2) is 0 Å². The van der Waals surface area contributed by atoms with E-state index in [4.69, 9.17) is 14.2 Å². The van der Waals surface area contributed by atoms with Crippen molar-refractivity contribution in [2.75, 3.05) is 66.3 Å². The number of hydrogen-bond acceptors (Lipinski definition) is 5. The molecule has 2 fully saturated rings. The number of rotatable bonds is 5. The van der Waals surface area contributed by atoms with E-state index in [-0.39, 0.29) is 11.9 Å². The lowest BCUT2D eigenvalue weighted by molar-refractivity contribution is -0.142. The zero-order valence-electron chi connectivity index (χ0n) is 11.7. The number of methoxy groups -OCH3 is 1. The molecular formula is C13H24N2O4. The number of carbonyl (C=O) groups is 1. The quantitative estimate of drug-likeness (QED) is 0.680. The van der Waals surface area contributed by atoms with Crippen molar-refractivity contribution in [1.82, 2.24) is 9.80 Å². The molecule has 0 N–H and O–H groups in total. The van der Waals surface area contributed by atoms with Gasteiger partial charge in [0.25, 0.3) is 0 Å². The average Bonchev–Trinajstić information content (AvgIpc) is 2.47. The van der Waals surface area contributed by atoms with Crippen LogP contribution in [-0.2, 0) is 19.0 Å². The standard InChI is InChI=1S/C13H24N2O4/c1-17-10-12-11-19-9-6-15(12)13(16)2-3-14-4-7-18-8-5-14/h12H,2-11H2,1H3. The molecule has 2 heterocycles. The van der Waals surface area contributed by atoms with E-state index >= 15 is 0 Å². The van der Waals surface area contributed by atoms with E-state index in [0.29, 0.717) is 32.8 Å². The normalized spacial score (nSPS) is 25.5. The molecule has 6 nitrogen and oxygen atoms in total. The molecule has 2 aliphatic heterocycles. The van der Waals surface area contributed by atoms with E-state index in [1.165, 1.54) is 0 Å². The van der Waals surface area contributed by atoms with Crippen molar-refractivity contribution in [3.05, 3.63) is 0 Å². The van der Waals surface area contributed by atoms with E-state index in [0.717, 1.165) is 32.8 Å². The Hall–Kier alpha value is -0.690. The maximum Gasteiger partial charge on any atom is 0.224 e. The highest BCUT2D eigenvalue weighted by Crippen LogP contribution is 2.10. The maximum atomic E-state index is 12.3. The zero-order chi connectivity index (χ0) is 13.5. The molecule has 1 atom stereocenters. The first kappa shape index (κ1) is 14.7. The first-order chi connectivity index (χ1) is 9.31. The molecule has 2 saturated heterocycles.